The fourth-order valence-corrected chi connectivity index (χ4v) is 1.57. The van der Waals surface area contributed by atoms with Crippen LogP contribution in [0.2, 0.25) is 0 Å². The van der Waals surface area contributed by atoms with Crippen molar-refractivity contribution in [2.75, 3.05) is 7.11 Å². The summed E-state index contributed by atoms with van der Waals surface area (Å²) in [5.41, 5.74) is 5.98. The molecule has 5 heteroatoms. The molecule has 0 bridgehead atoms. The number of hydrogen-bond donors (Lipinski definition) is 1. The first kappa shape index (κ1) is 12.4. The van der Waals surface area contributed by atoms with Gasteiger partial charge in [-0.3, -0.25) is 0 Å². The fourth-order valence-electron chi connectivity index (χ4n) is 1.23. The summed E-state index contributed by atoms with van der Waals surface area (Å²) in [5, 5.41) is 0. The summed E-state index contributed by atoms with van der Waals surface area (Å²) in [6.07, 6.45) is -2.41. The second-order valence-electron chi connectivity index (χ2n) is 3.16. The van der Waals surface area contributed by atoms with Gasteiger partial charge in [-0.25, -0.2) is 8.78 Å². The van der Waals surface area contributed by atoms with Gasteiger partial charge in [-0.2, -0.15) is 0 Å². The van der Waals surface area contributed by atoms with Crippen LogP contribution in [0.15, 0.2) is 22.7 Å². The molecular formula is C10H12BrF2NO. The Hall–Kier alpha value is -0.680. The molecule has 0 saturated carbocycles. The molecule has 0 aromatic heterocycles. The molecular weight excluding hydrogens is 268 g/mol. The van der Waals surface area contributed by atoms with Crippen molar-refractivity contribution in [2.45, 2.75) is 18.9 Å². The van der Waals surface area contributed by atoms with Crippen LogP contribution in [-0.2, 0) is 6.42 Å². The Morgan fingerprint density at radius 1 is 1.47 bits per heavy atom. The monoisotopic (exact) mass is 279 g/mol. The first-order valence-corrected chi connectivity index (χ1v) is 5.20. The van der Waals surface area contributed by atoms with Crippen LogP contribution < -0.4 is 10.5 Å². The first-order chi connectivity index (χ1) is 7.04. The Kier molecular flexibility index (Phi) is 4.47. The van der Waals surface area contributed by atoms with Gasteiger partial charge in [0.2, 0.25) is 0 Å². The molecule has 0 radical (unpaired) electrons. The van der Waals surface area contributed by atoms with E-state index in [2.05, 4.69) is 15.9 Å². The van der Waals surface area contributed by atoms with Crippen molar-refractivity contribution < 1.29 is 13.5 Å². The standard InChI is InChI=1S/C10H12BrF2NO/c1-15-9-5-7(11)3-2-6(9)4-8(14)10(12)13/h2-3,5,8,10H,4,14H2,1H3. The van der Waals surface area contributed by atoms with E-state index in [0.717, 1.165) is 4.47 Å². The number of rotatable bonds is 4. The quantitative estimate of drug-likeness (QED) is 0.920. The molecule has 0 heterocycles. The van der Waals surface area contributed by atoms with E-state index in [0.29, 0.717) is 11.3 Å². The number of halogens is 3. The zero-order chi connectivity index (χ0) is 11.4. The van der Waals surface area contributed by atoms with Gasteiger partial charge in [0.15, 0.2) is 0 Å². The molecule has 1 unspecified atom stereocenters. The van der Waals surface area contributed by atoms with E-state index in [-0.39, 0.29) is 6.42 Å². The van der Waals surface area contributed by atoms with Crippen LogP contribution in [0, 0.1) is 0 Å². The molecule has 84 valence electrons. The summed E-state index contributed by atoms with van der Waals surface area (Å²) in [5.74, 6) is 0.570. The van der Waals surface area contributed by atoms with Crippen LogP contribution in [0.4, 0.5) is 8.78 Å². The van der Waals surface area contributed by atoms with Crippen molar-refractivity contribution in [3.63, 3.8) is 0 Å². The van der Waals surface area contributed by atoms with Gasteiger partial charge in [0.05, 0.1) is 13.2 Å². The number of ether oxygens (including phenoxy) is 1. The second kappa shape index (κ2) is 5.42. The molecule has 0 fully saturated rings. The molecule has 1 rings (SSSR count). The minimum Gasteiger partial charge on any atom is -0.496 e. The molecule has 0 saturated heterocycles. The van der Waals surface area contributed by atoms with Crippen molar-refractivity contribution in [3.8, 4) is 5.75 Å². The van der Waals surface area contributed by atoms with Crippen LogP contribution in [0.5, 0.6) is 5.75 Å². The number of hydrogen-bond acceptors (Lipinski definition) is 2. The van der Waals surface area contributed by atoms with E-state index in [4.69, 9.17) is 10.5 Å². The molecule has 15 heavy (non-hydrogen) atoms. The maximum atomic E-state index is 12.3. The van der Waals surface area contributed by atoms with E-state index in [9.17, 15) is 8.78 Å². The Labute approximate surface area is 95.5 Å². The molecule has 0 amide bonds. The van der Waals surface area contributed by atoms with Gasteiger partial charge >= 0.3 is 0 Å². The lowest BCUT2D eigenvalue weighted by atomic mass is 10.1. The van der Waals surface area contributed by atoms with Gasteiger partial charge < -0.3 is 10.5 Å². The lowest BCUT2D eigenvalue weighted by molar-refractivity contribution is 0.115. The minimum absolute atomic E-state index is 0.105. The molecule has 0 aliphatic carbocycles. The van der Waals surface area contributed by atoms with Gasteiger partial charge in [-0.1, -0.05) is 22.0 Å². The van der Waals surface area contributed by atoms with Gasteiger partial charge in [0, 0.05) is 4.47 Å². The van der Waals surface area contributed by atoms with Crippen LogP contribution in [-0.4, -0.2) is 19.6 Å². The van der Waals surface area contributed by atoms with Gasteiger partial charge in [0.1, 0.15) is 5.75 Å². The Balaban J connectivity index is 2.84. The Morgan fingerprint density at radius 3 is 2.67 bits per heavy atom. The lowest BCUT2D eigenvalue weighted by Gasteiger charge is -2.13. The number of alkyl halides is 2. The van der Waals surface area contributed by atoms with Crippen LogP contribution in [0.25, 0.3) is 0 Å². The third-order valence-corrected chi connectivity index (χ3v) is 2.52. The summed E-state index contributed by atoms with van der Waals surface area (Å²) >= 11 is 3.27. The third-order valence-electron chi connectivity index (χ3n) is 2.03. The maximum Gasteiger partial charge on any atom is 0.253 e. The molecule has 1 aromatic rings. The summed E-state index contributed by atoms with van der Waals surface area (Å²) in [7, 11) is 1.50. The average molecular weight is 280 g/mol. The molecule has 0 aliphatic rings. The van der Waals surface area contributed by atoms with Crippen LogP contribution in [0.3, 0.4) is 0 Å². The minimum atomic E-state index is -2.52. The maximum absolute atomic E-state index is 12.3. The van der Waals surface area contributed by atoms with Crippen molar-refractivity contribution in [3.05, 3.63) is 28.2 Å². The summed E-state index contributed by atoms with van der Waals surface area (Å²) < 4.78 is 30.4. The van der Waals surface area contributed by atoms with E-state index < -0.39 is 12.5 Å². The Bertz CT molecular complexity index is 333. The lowest BCUT2D eigenvalue weighted by Crippen LogP contribution is -2.31. The SMILES string of the molecule is COc1cc(Br)ccc1CC(N)C(F)F. The summed E-state index contributed by atoms with van der Waals surface area (Å²) in [4.78, 5) is 0. The van der Waals surface area contributed by atoms with Gasteiger partial charge in [0.25, 0.3) is 6.43 Å². The van der Waals surface area contributed by atoms with Crippen LogP contribution in [0.1, 0.15) is 5.56 Å². The van der Waals surface area contributed by atoms with Gasteiger partial charge in [-0.15, -0.1) is 0 Å². The zero-order valence-corrected chi connectivity index (χ0v) is 9.80. The molecule has 2 nitrogen and oxygen atoms in total. The zero-order valence-electron chi connectivity index (χ0n) is 8.21. The number of methoxy groups -OCH3 is 1. The summed E-state index contributed by atoms with van der Waals surface area (Å²) in [6, 6.07) is 4.08. The highest BCUT2D eigenvalue weighted by Gasteiger charge is 2.17. The molecule has 0 aliphatic heterocycles. The predicted molar refractivity (Wildman–Crippen MR) is 58.4 cm³/mol. The fraction of sp³-hybridized carbons (Fsp3) is 0.400. The molecule has 1 atom stereocenters. The van der Waals surface area contributed by atoms with E-state index in [1.807, 2.05) is 0 Å². The smallest absolute Gasteiger partial charge is 0.253 e. The largest absolute Gasteiger partial charge is 0.496 e. The summed E-state index contributed by atoms with van der Waals surface area (Å²) in [6.45, 7) is 0. The first-order valence-electron chi connectivity index (χ1n) is 4.40. The van der Waals surface area contributed by atoms with E-state index in [1.54, 1.807) is 18.2 Å². The van der Waals surface area contributed by atoms with Crippen LogP contribution >= 0.6 is 15.9 Å². The van der Waals surface area contributed by atoms with Crippen molar-refractivity contribution >= 4 is 15.9 Å². The van der Waals surface area contributed by atoms with Crippen molar-refractivity contribution in [2.24, 2.45) is 5.73 Å². The molecule has 2 N–H and O–H groups in total. The van der Waals surface area contributed by atoms with E-state index in [1.165, 1.54) is 7.11 Å². The van der Waals surface area contributed by atoms with Gasteiger partial charge in [-0.05, 0) is 24.1 Å². The highest BCUT2D eigenvalue weighted by atomic mass is 79.9. The second-order valence-corrected chi connectivity index (χ2v) is 4.07. The third kappa shape index (κ3) is 3.43. The van der Waals surface area contributed by atoms with Crippen molar-refractivity contribution in [1.29, 1.82) is 0 Å². The average Bonchev–Trinajstić information content (AvgIpc) is 2.20. The Morgan fingerprint density at radius 2 is 2.13 bits per heavy atom. The van der Waals surface area contributed by atoms with Crippen molar-refractivity contribution in [1.82, 2.24) is 0 Å². The topological polar surface area (TPSA) is 35.2 Å². The van der Waals surface area contributed by atoms with E-state index >= 15 is 0 Å². The highest BCUT2D eigenvalue weighted by Crippen LogP contribution is 2.25. The normalized spacial score (nSPS) is 12.9. The highest BCUT2D eigenvalue weighted by molar-refractivity contribution is 9.10. The molecule has 0 spiro atoms. The number of benzene rings is 1. The number of nitrogens with two attached hydrogens (primary N) is 1. The predicted octanol–water partition coefficient (Wildman–Crippen LogP) is 2.59. The molecule has 1 aromatic carbocycles.